The highest BCUT2D eigenvalue weighted by molar-refractivity contribution is 7.99. The fraction of sp³-hybridized carbons (Fsp3) is 0.667. The van der Waals surface area contributed by atoms with E-state index >= 15 is 0 Å². The van der Waals surface area contributed by atoms with Crippen LogP contribution in [0.25, 0.3) is 0 Å². The largest absolute Gasteiger partial charge is 0.330 e. The molecule has 2 heteroatoms. The molecule has 3 unspecified atom stereocenters. The van der Waals surface area contributed by atoms with Crippen molar-refractivity contribution in [2.24, 2.45) is 17.6 Å². The third-order valence-electron chi connectivity index (χ3n) is 4.53. The van der Waals surface area contributed by atoms with Crippen LogP contribution in [0.15, 0.2) is 30.3 Å². The molecule has 0 bridgehead atoms. The van der Waals surface area contributed by atoms with Gasteiger partial charge in [0.15, 0.2) is 0 Å². The molecule has 0 radical (unpaired) electrons. The van der Waals surface area contributed by atoms with Gasteiger partial charge in [0, 0.05) is 5.25 Å². The molecule has 1 nitrogen and oxygen atoms in total. The molecule has 112 valence electrons. The van der Waals surface area contributed by atoms with E-state index in [0.717, 1.165) is 29.5 Å². The second-order valence-corrected chi connectivity index (χ2v) is 7.86. The Labute approximate surface area is 128 Å². The highest BCUT2D eigenvalue weighted by Crippen LogP contribution is 2.41. The predicted octanol–water partition coefficient (Wildman–Crippen LogP) is 4.68. The topological polar surface area (TPSA) is 26.0 Å². The summed E-state index contributed by atoms with van der Waals surface area (Å²) in [6.07, 6.45) is 5.26. The molecule has 1 saturated carbocycles. The van der Waals surface area contributed by atoms with E-state index in [1.807, 2.05) is 0 Å². The van der Waals surface area contributed by atoms with E-state index in [0.29, 0.717) is 0 Å². The molecule has 1 fully saturated rings. The molecule has 1 aliphatic carbocycles. The Kier molecular flexibility index (Phi) is 6.44. The quantitative estimate of drug-likeness (QED) is 0.823. The average Bonchev–Trinajstić information content (AvgIpc) is 2.47. The summed E-state index contributed by atoms with van der Waals surface area (Å²) in [5.74, 6) is 3.58. The maximum Gasteiger partial charge on any atom is 0.00931 e. The first-order chi connectivity index (χ1) is 9.70. The van der Waals surface area contributed by atoms with Crippen molar-refractivity contribution in [3.05, 3.63) is 35.9 Å². The Morgan fingerprint density at radius 3 is 2.60 bits per heavy atom. The third kappa shape index (κ3) is 4.53. The number of hydrogen-bond acceptors (Lipinski definition) is 2. The monoisotopic (exact) mass is 291 g/mol. The summed E-state index contributed by atoms with van der Waals surface area (Å²) in [5.41, 5.74) is 7.52. The summed E-state index contributed by atoms with van der Waals surface area (Å²) in [4.78, 5) is 0. The second kappa shape index (κ2) is 8.09. The summed E-state index contributed by atoms with van der Waals surface area (Å²) in [6, 6.07) is 11.0. The highest BCUT2D eigenvalue weighted by Gasteiger charge is 2.30. The van der Waals surface area contributed by atoms with Gasteiger partial charge in [-0.2, -0.15) is 11.8 Å². The highest BCUT2D eigenvalue weighted by atomic mass is 32.2. The van der Waals surface area contributed by atoms with Crippen LogP contribution in [-0.2, 0) is 0 Å². The van der Waals surface area contributed by atoms with Crippen LogP contribution >= 0.6 is 11.8 Å². The van der Waals surface area contributed by atoms with Gasteiger partial charge >= 0.3 is 0 Å². The van der Waals surface area contributed by atoms with Gasteiger partial charge in [0.2, 0.25) is 0 Å². The van der Waals surface area contributed by atoms with Gasteiger partial charge in [0.1, 0.15) is 0 Å². The SMILES string of the molecule is CC(C)CCSC1CC(c2ccccc2)CCC1CN. The normalized spacial score (nSPS) is 26.9. The van der Waals surface area contributed by atoms with Crippen LogP contribution in [0.5, 0.6) is 0 Å². The first kappa shape index (κ1) is 15.9. The number of thioether (sulfide) groups is 1. The van der Waals surface area contributed by atoms with Crippen LogP contribution in [0.1, 0.15) is 51.0 Å². The molecule has 1 aliphatic rings. The zero-order chi connectivity index (χ0) is 14.4. The number of hydrogen-bond donors (Lipinski definition) is 1. The molecule has 0 heterocycles. The van der Waals surface area contributed by atoms with Gasteiger partial charge in [-0.25, -0.2) is 0 Å². The molecular weight excluding hydrogens is 262 g/mol. The van der Waals surface area contributed by atoms with Crippen molar-refractivity contribution in [3.8, 4) is 0 Å². The molecule has 1 aromatic carbocycles. The van der Waals surface area contributed by atoms with Crippen molar-refractivity contribution in [2.45, 2.75) is 50.7 Å². The Balaban J connectivity index is 1.93. The summed E-state index contributed by atoms with van der Waals surface area (Å²) in [5, 5.41) is 0.762. The van der Waals surface area contributed by atoms with Crippen LogP contribution in [0.4, 0.5) is 0 Å². The van der Waals surface area contributed by atoms with Crippen LogP contribution in [0.2, 0.25) is 0 Å². The summed E-state index contributed by atoms with van der Waals surface area (Å²) in [7, 11) is 0. The molecule has 2 N–H and O–H groups in total. The average molecular weight is 292 g/mol. The van der Waals surface area contributed by atoms with Gasteiger partial charge in [0.05, 0.1) is 0 Å². The van der Waals surface area contributed by atoms with Gasteiger partial charge in [-0.3, -0.25) is 0 Å². The molecular formula is C18H29NS. The van der Waals surface area contributed by atoms with Gasteiger partial charge in [-0.15, -0.1) is 0 Å². The lowest BCUT2D eigenvalue weighted by molar-refractivity contribution is 0.343. The van der Waals surface area contributed by atoms with E-state index in [1.54, 1.807) is 0 Å². The first-order valence-electron chi connectivity index (χ1n) is 8.07. The van der Waals surface area contributed by atoms with Crippen LogP contribution < -0.4 is 5.73 Å². The van der Waals surface area contributed by atoms with E-state index in [9.17, 15) is 0 Å². The van der Waals surface area contributed by atoms with Crippen LogP contribution in [-0.4, -0.2) is 17.5 Å². The minimum atomic E-state index is 0.729. The fourth-order valence-corrected chi connectivity index (χ4v) is 4.95. The van der Waals surface area contributed by atoms with Crippen molar-refractivity contribution in [1.29, 1.82) is 0 Å². The Bertz CT molecular complexity index is 376. The summed E-state index contributed by atoms with van der Waals surface area (Å²) in [6.45, 7) is 5.49. The van der Waals surface area contributed by atoms with Gasteiger partial charge < -0.3 is 5.73 Å². The van der Waals surface area contributed by atoms with E-state index in [2.05, 4.69) is 55.9 Å². The van der Waals surface area contributed by atoms with E-state index in [4.69, 9.17) is 5.73 Å². The molecule has 0 spiro atoms. The Hall–Kier alpha value is -0.470. The lowest BCUT2D eigenvalue weighted by Crippen LogP contribution is -2.32. The molecule has 0 aliphatic heterocycles. The lowest BCUT2D eigenvalue weighted by Gasteiger charge is -2.35. The maximum absolute atomic E-state index is 6.00. The van der Waals surface area contributed by atoms with Gasteiger partial charge in [-0.1, -0.05) is 44.2 Å². The standard InChI is InChI=1S/C18H29NS/c1-14(2)10-11-20-18-12-16(8-9-17(18)13-19)15-6-4-3-5-7-15/h3-7,14,16-18H,8-13,19H2,1-2H3. The van der Waals surface area contributed by atoms with Crippen molar-refractivity contribution in [2.75, 3.05) is 12.3 Å². The summed E-state index contributed by atoms with van der Waals surface area (Å²) >= 11 is 2.18. The van der Waals surface area contributed by atoms with E-state index in [1.165, 1.54) is 37.0 Å². The van der Waals surface area contributed by atoms with Gasteiger partial charge in [-0.05, 0) is 61.3 Å². The molecule has 2 rings (SSSR count). The smallest absolute Gasteiger partial charge is 0.00931 e. The van der Waals surface area contributed by atoms with E-state index in [-0.39, 0.29) is 0 Å². The van der Waals surface area contributed by atoms with Crippen LogP contribution in [0, 0.1) is 11.8 Å². The fourth-order valence-electron chi connectivity index (χ4n) is 3.15. The maximum atomic E-state index is 6.00. The Morgan fingerprint density at radius 1 is 1.20 bits per heavy atom. The van der Waals surface area contributed by atoms with Crippen LogP contribution in [0.3, 0.4) is 0 Å². The zero-order valence-electron chi connectivity index (χ0n) is 12.9. The molecule has 3 atom stereocenters. The second-order valence-electron chi connectivity index (χ2n) is 6.51. The van der Waals surface area contributed by atoms with Crippen molar-refractivity contribution in [3.63, 3.8) is 0 Å². The molecule has 1 aromatic rings. The minimum absolute atomic E-state index is 0.729. The predicted molar refractivity (Wildman–Crippen MR) is 91.3 cm³/mol. The Morgan fingerprint density at radius 2 is 1.95 bits per heavy atom. The lowest BCUT2D eigenvalue weighted by atomic mass is 9.78. The minimum Gasteiger partial charge on any atom is -0.330 e. The van der Waals surface area contributed by atoms with E-state index < -0.39 is 0 Å². The molecule has 0 aromatic heterocycles. The molecule has 0 amide bonds. The van der Waals surface area contributed by atoms with Crippen molar-refractivity contribution >= 4 is 11.8 Å². The number of rotatable bonds is 6. The number of nitrogens with two attached hydrogens (primary N) is 1. The molecule has 0 saturated heterocycles. The zero-order valence-corrected chi connectivity index (χ0v) is 13.7. The number of benzene rings is 1. The van der Waals surface area contributed by atoms with Crippen molar-refractivity contribution < 1.29 is 0 Å². The van der Waals surface area contributed by atoms with Crippen molar-refractivity contribution in [1.82, 2.24) is 0 Å². The third-order valence-corrected chi connectivity index (χ3v) is 6.01. The van der Waals surface area contributed by atoms with Gasteiger partial charge in [0.25, 0.3) is 0 Å². The first-order valence-corrected chi connectivity index (χ1v) is 9.12. The summed E-state index contributed by atoms with van der Waals surface area (Å²) < 4.78 is 0. The molecule has 20 heavy (non-hydrogen) atoms.